The van der Waals surface area contributed by atoms with Crippen LogP contribution in [0, 0.1) is 0 Å². The summed E-state index contributed by atoms with van der Waals surface area (Å²) in [5, 5.41) is 9.66. The molecule has 0 atom stereocenters. The van der Waals surface area contributed by atoms with Crippen molar-refractivity contribution in [3.8, 4) is 22.3 Å². The zero-order valence-electron chi connectivity index (χ0n) is 50.1. The predicted octanol–water partition coefficient (Wildman–Crippen LogP) is 24.3. The molecular formula is C86H64N4. The fraction of sp³-hybridized carbons (Fsp3) is 0.0233. The topological polar surface area (TPSA) is 13.0 Å². The average Bonchev–Trinajstić information content (AvgIpc) is 3.44. The van der Waals surface area contributed by atoms with Crippen LogP contribution in [0.1, 0.15) is 18.1 Å². The second-order valence-electron chi connectivity index (χ2n) is 23.2. The molecule has 4 nitrogen and oxygen atoms in total. The molecule has 0 amide bonds. The molecule has 0 heterocycles. The summed E-state index contributed by atoms with van der Waals surface area (Å²) in [5.74, 6) is 0. The van der Waals surface area contributed by atoms with Crippen molar-refractivity contribution in [3.05, 3.63) is 369 Å². The number of hydrogen-bond acceptors (Lipinski definition) is 4. The van der Waals surface area contributed by atoms with E-state index in [-0.39, 0.29) is 0 Å². The second kappa shape index (κ2) is 24.2. The van der Waals surface area contributed by atoms with Gasteiger partial charge in [0.1, 0.15) is 0 Å². The van der Waals surface area contributed by atoms with E-state index in [9.17, 15) is 0 Å². The Morgan fingerprint density at radius 1 is 0.244 bits per heavy atom. The van der Waals surface area contributed by atoms with E-state index in [2.05, 4.69) is 379 Å². The zero-order chi connectivity index (χ0) is 60.3. The van der Waals surface area contributed by atoms with Crippen molar-refractivity contribution in [2.45, 2.75) is 13.3 Å². The van der Waals surface area contributed by atoms with E-state index in [0.717, 1.165) is 96.9 Å². The highest BCUT2D eigenvalue weighted by Crippen LogP contribution is 2.44. The van der Waals surface area contributed by atoms with E-state index < -0.39 is 0 Å². The van der Waals surface area contributed by atoms with Gasteiger partial charge in [-0.05, 0) is 200 Å². The van der Waals surface area contributed by atoms with Crippen LogP contribution in [0.3, 0.4) is 0 Å². The predicted molar refractivity (Wildman–Crippen MR) is 384 cm³/mol. The van der Waals surface area contributed by atoms with Gasteiger partial charge in [-0.3, -0.25) is 0 Å². The van der Waals surface area contributed by atoms with Crippen molar-refractivity contribution in [3.63, 3.8) is 0 Å². The molecule has 15 aromatic carbocycles. The molecule has 0 N–H and O–H groups in total. The van der Waals surface area contributed by atoms with Gasteiger partial charge in [0.15, 0.2) is 0 Å². The lowest BCUT2D eigenvalue weighted by Gasteiger charge is -2.28. The summed E-state index contributed by atoms with van der Waals surface area (Å²) in [5.41, 5.74) is 20.2. The fourth-order valence-electron chi connectivity index (χ4n) is 12.9. The number of allylic oxidation sites excluding steroid dienone is 1. The lowest BCUT2D eigenvalue weighted by molar-refractivity contribution is 1.17. The Morgan fingerprint density at radius 3 is 0.989 bits per heavy atom. The first kappa shape index (κ1) is 54.9. The molecule has 0 unspecified atom stereocenters. The largest absolute Gasteiger partial charge is 0.315 e. The number of fused-ring (bicyclic) bond motifs is 4. The number of nitrogens with zero attached hydrogens (tertiary/aromatic N) is 4. The number of para-hydroxylation sites is 1. The second-order valence-corrected chi connectivity index (χ2v) is 23.2. The zero-order valence-corrected chi connectivity index (χ0v) is 50.1. The highest BCUT2D eigenvalue weighted by atomic mass is 15.2. The fourth-order valence-corrected chi connectivity index (χ4v) is 12.9. The van der Waals surface area contributed by atoms with Crippen molar-refractivity contribution in [1.82, 2.24) is 0 Å². The molecule has 15 aromatic rings. The van der Waals surface area contributed by atoms with E-state index in [1.807, 2.05) is 0 Å². The van der Waals surface area contributed by atoms with Gasteiger partial charge in [0.05, 0.1) is 11.4 Å². The lowest BCUT2D eigenvalue weighted by Crippen LogP contribution is -2.13. The first-order valence-corrected chi connectivity index (χ1v) is 30.9. The first-order valence-electron chi connectivity index (χ1n) is 30.9. The third-order valence-corrected chi connectivity index (χ3v) is 17.4. The van der Waals surface area contributed by atoms with Crippen LogP contribution < -0.4 is 19.6 Å². The summed E-state index contributed by atoms with van der Waals surface area (Å²) in [6.07, 6.45) is 0.793. The number of rotatable bonds is 16. The Kier molecular flexibility index (Phi) is 14.8. The summed E-state index contributed by atoms with van der Waals surface area (Å²) in [4.78, 5) is 9.34. The smallest absolute Gasteiger partial charge is 0.0540 e. The normalized spacial score (nSPS) is 11.3. The molecule has 0 spiro atoms. The van der Waals surface area contributed by atoms with Gasteiger partial charge < -0.3 is 19.6 Å². The minimum atomic E-state index is 0.793. The van der Waals surface area contributed by atoms with Crippen LogP contribution in [0.25, 0.3) is 65.3 Å². The first-order chi connectivity index (χ1) is 44.4. The molecular weight excluding hydrogens is 1090 g/mol. The molecule has 0 aromatic heterocycles. The van der Waals surface area contributed by atoms with Gasteiger partial charge in [-0.15, -0.1) is 0 Å². The Hall–Kier alpha value is -11.7. The van der Waals surface area contributed by atoms with Gasteiger partial charge in [0.25, 0.3) is 0 Å². The molecule has 0 radical (unpaired) electrons. The van der Waals surface area contributed by atoms with E-state index in [0.29, 0.717) is 0 Å². The molecule has 0 saturated heterocycles. The van der Waals surface area contributed by atoms with E-state index in [4.69, 9.17) is 0 Å². The summed E-state index contributed by atoms with van der Waals surface area (Å²) >= 11 is 0. The Bertz CT molecular complexity index is 5030. The minimum absolute atomic E-state index is 0.793. The van der Waals surface area contributed by atoms with Crippen LogP contribution in [0.5, 0.6) is 0 Å². The van der Waals surface area contributed by atoms with Crippen LogP contribution in [-0.4, -0.2) is 0 Å². The van der Waals surface area contributed by atoms with Crippen molar-refractivity contribution >= 4 is 106 Å². The molecule has 0 fully saturated rings. The Labute approximate surface area is 527 Å². The van der Waals surface area contributed by atoms with E-state index >= 15 is 0 Å². The van der Waals surface area contributed by atoms with Crippen LogP contribution in [0.2, 0.25) is 0 Å². The van der Waals surface area contributed by atoms with E-state index in [1.165, 1.54) is 54.2 Å². The van der Waals surface area contributed by atoms with Gasteiger partial charge in [0.2, 0.25) is 0 Å². The van der Waals surface area contributed by atoms with Crippen LogP contribution >= 0.6 is 0 Å². The van der Waals surface area contributed by atoms with Gasteiger partial charge in [-0.2, -0.15) is 0 Å². The average molecular weight is 1150 g/mol. The monoisotopic (exact) mass is 1150 g/mol. The maximum Gasteiger partial charge on any atom is 0.0540 e. The number of anilines is 11. The highest BCUT2D eigenvalue weighted by Gasteiger charge is 2.20. The summed E-state index contributed by atoms with van der Waals surface area (Å²) < 4.78 is 0. The molecule has 0 aliphatic heterocycles. The molecule has 0 aliphatic rings. The minimum Gasteiger partial charge on any atom is -0.315 e. The molecule has 0 saturated carbocycles. The van der Waals surface area contributed by atoms with Gasteiger partial charge in [0, 0.05) is 67.7 Å². The van der Waals surface area contributed by atoms with Crippen molar-refractivity contribution in [2.24, 2.45) is 0 Å². The molecule has 428 valence electrons. The van der Waals surface area contributed by atoms with Crippen LogP contribution in [-0.2, 0) is 6.42 Å². The van der Waals surface area contributed by atoms with Gasteiger partial charge >= 0.3 is 0 Å². The standard InChI is InChI=1S/C86H64N4/c1-61(2)87(81-56-42-64-16-6-8-20-72(64)59-81)75-48-34-66(35-49-75)68-38-52-79(53-39-68)89(85-28-14-22-70-18-10-12-26-83(70)85)77-44-30-62(31-45-77)58-63-32-46-78(47-33-63)90(86-29-15-23-71-19-11-13-27-84(71)86)80-54-40-69(41-55-80)67-36-50-76(51-37-67)88(74-24-4-3-5-25-74)82-57-43-65-17-7-9-21-73(65)60-82/h3-57,59-60H,1,58H2,2H3. The van der Waals surface area contributed by atoms with Gasteiger partial charge in [-0.1, -0.05) is 231 Å². The van der Waals surface area contributed by atoms with Crippen molar-refractivity contribution in [1.29, 1.82) is 0 Å². The van der Waals surface area contributed by atoms with Gasteiger partial charge in [-0.25, -0.2) is 0 Å². The Morgan fingerprint density at radius 2 is 0.556 bits per heavy atom. The highest BCUT2D eigenvalue weighted by molar-refractivity contribution is 6.01. The maximum atomic E-state index is 4.36. The molecule has 90 heavy (non-hydrogen) atoms. The maximum absolute atomic E-state index is 4.36. The number of hydrogen-bond donors (Lipinski definition) is 0. The third-order valence-electron chi connectivity index (χ3n) is 17.4. The molecule has 0 bridgehead atoms. The lowest BCUT2D eigenvalue weighted by atomic mass is 10.0. The Balaban J connectivity index is 0.689. The number of benzene rings is 15. The van der Waals surface area contributed by atoms with Crippen LogP contribution in [0.4, 0.5) is 62.6 Å². The summed E-state index contributed by atoms with van der Waals surface area (Å²) in [6, 6.07) is 125. The van der Waals surface area contributed by atoms with Crippen molar-refractivity contribution < 1.29 is 0 Å². The van der Waals surface area contributed by atoms with Crippen LogP contribution in [0.15, 0.2) is 358 Å². The summed E-state index contributed by atoms with van der Waals surface area (Å²) in [7, 11) is 0. The third kappa shape index (κ3) is 11.0. The SMILES string of the molecule is C=C(C)N(c1ccc(-c2ccc(N(c3ccc(Cc4ccc(N(c5ccc(-c6ccc(N(c7ccccc7)c7ccc8ccccc8c7)cc6)cc5)c5cccc6ccccc56)cc4)cc3)c3cccc4ccccc34)cc2)cc1)c1ccc2ccccc2c1. The molecule has 15 rings (SSSR count). The molecule has 4 heteroatoms. The molecule has 0 aliphatic carbocycles. The van der Waals surface area contributed by atoms with E-state index in [1.54, 1.807) is 0 Å². The summed E-state index contributed by atoms with van der Waals surface area (Å²) in [6.45, 7) is 6.43. The van der Waals surface area contributed by atoms with Crippen molar-refractivity contribution in [2.75, 3.05) is 19.6 Å². The quantitative estimate of drug-likeness (QED) is 0.0956.